The number of aromatic nitrogens is 1. The van der Waals surface area contributed by atoms with Crippen LogP contribution < -0.4 is 0 Å². The standard InChI is InChI=1S/C17H12BrNO/c1-11-8-13(18)6-7-14(11)17(20)16-10-19-9-12-4-2-3-5-15(12)16/h2-10H,1H3. The largest absolute Gasteiger partial charge is 0.289 e. The third-order valence-electron chi connectivity index (χ3n) is 3.35. The topological polar surface area (TPSA) is 30.0 Å². The van der Waals surface area contributed by atoms with Gasteiger partial charge in [-0.05, 0) is 36.1 Å². The Hall–Kier alpha value is -2.00. The van der Waals surface area contributed by atoms with Gasteiger partial charge in [-0.1, -0.05) is 40.2 Å². The zero-order chi connectivity index (χ0) is 14.1. The van der Waals surface area contributed by atoms with Crippen molar-refractivity contribution in [3.05, 3.63) is 76.0 Å². The van der Waals surface area contributed by atoms with Crippen molar-refractivity contribution in [1.29, 1.82) is 0 Å². The maximum atomic E-state index is 12.7. The van der Waals surface area contributed by atoms with Gasteiger partial charge < -0.3 is 0 Å². The van der Waals surface area contributed by atoms with Gasteiger partial charge in [0.25, 0.3) is 0 Å². The van der Waals surface area contributed by atoms with Crippen LogP contribution in [0.25, 0.3) is 10.8 Å². The van der Waals surface area contributed by atoms with Gasteiger partial charge in [-0.2, -0.15) is 0 Å². The van der Waals surface area contributed by atoms with E-state index in [0.29, 0.717) is 11.1 Å². The fourth-order valence-electron chi connectivity index (χ4n) is 2.32. The second kappa shape index (κ2) is 5.17. The first-order valence-corrected chi connectivity index (χ1v) is 7.10. The molecule has 0 aliphatic heterocycles. The van der Waals surface area contributed by atoms with E-state index < -0.39 is 0 Å². The Balaban J connectivity index is 2.18. The highest BCUT2D eigenvalue weighted by Crippen LogP contribution is 2.23. The molecule has 0 amide bonds. The Labute approximate surface area is 125 Å². The molecule has 0 unspecified atom stereocenters. The summed E-state index contributed by atoms with van der Waals surface area (Å²) in [4.78, 5) is 16.9. The predicted octanol–water partition coefficient (Wildman–Crippen LogP) is 4.54. The Morgan fingerprint density at radius 3 is 2.65 bits per heavy atom. The number of aryl methyl sites for hydroxylation is 1. The molecule has 98 valence electrons. The second-order valence-electron chi connectivity index (χ2n) is 4.70. The zero-order valence-electron chi connectivity index (χ0n) is 10.9. The Morgan fingerprint density at radius 2 is 1.85 bits per heavy atom. The molecule has 20 heavy (non-hydrogen) atoms. The lowest BCUT2D eigenvalue weighted by Gasteiger charge is -2.08. The molecule has 3 heteroatoms. The van der Waals surface area contributed by atoms with Crippen LogP contribution in [-0.4, -0.2) is 10.8 Å². The van der Waals surface area contributed by atoms with Crippen LogP contribution in [0.1, 0.15) is 21.5 Å². The SMILES string of the molecule is Cc1cc(Br)ccc1C(=O)c1cncc2ccccc12. The summed E-state index contributed by atoms with van der Waals surface area (Å²) in [5, 5.41) is 1.92. The van der Waals surface area contributed by atoms with Gasteiger partial charge in [-0.15, -0.1) is 0 Å². The number of pyridine rings is 1. The van der Waals surface area contributed by atoms with Crippen LogP contribution in [0.5, 0.6) is 0 Å². The van der Waals surface area contributed by atoms with Crippen LogP contribution in [0.2, 0.25) is 0 Å². The molecule has 2 aromatic carbocycles. The maximum absolute atomic E-state index is 12.7. The fourth-order valence-corrected chi connectivity index (χ4v) is 2.80. The summed E-state index contributed by atoms with van der Waals surface area (Å²) in [6.45, 7) is 1.94. The van der Waals surface area contributed by atoms with Crippen LogP contribution in [0, 0.1) is 6.92 Å². The summed E-state index contributed by atoms with van der Waals surface area (Å²) >= 11 is 3.42. The fraction of sp³-hybridized carbons (Fsp3) is 0.0588. The summed E-state index contributed by atoms with van der Waals surface area (Å²) in [7, 11) is 0. The van der Waals surface area contributed by atoms with Gasteiger partial charge in [-0.25, -0.2) is 0 Å². The highest BCUT2D eigenvalue weighted by molar-refractivity contribution is 9.10. The van der Waals surface area contributed by atoms with Crippen molar-refractivity contribution >= 4 is 32.5 Å². The molecule has 0 saturated heterocycles. The Morgan fingerprint density at radius 1 is 1.05 bits per heavy atom. The Bertz CT molecular complexity index is 806. The third-order valence-corrected chi connectivity index (χ3v) is 3.84. The molecule has 0 fully saturated rings. The molecular weight excluding hydrogens is 314 g/mol. The molecule has 0 radical (unpaired) electrons. The minimum Gasteiger partial charge on any atom is -0.289 e. The summed E-state index contributed by atoms with van der Waals surface area (Å²) in [5.41, 5.74) is 2.32. The molecule has 0 aliphatic rings. The monoisotopic (exact) mass is 325 g/mol. The molecular formula is C17H12BrNO. The van der Waals surface area contributed by atoms with E-state index in [1.807, 2.05) is 49.4 Å². The number of nitrogens with zero attached hydrogens (tertiary/aromatic N) is 1. The average molecular weight is 326 g/mol. The summed E-state index contributed by atoms with van der Waals surface area (Å²) in [6, 6.07) is 13.5. The van der Waals surface area contributed by atoms with Crippen molar-refractivity contribution in [3.8, 4) is 0 Å². The molecule has 1 heterocycles. The highest BCUT2D eigenvalue weighted by atomic mass is 79.9. The van der Waals surface area contributed by atoms with Crippen molar-refractivity contribution < 1.29 is 4.79 Å². The first kappa shape index (κ1) is 13.0. The van der Waals surface area contributed by atoms with E-state index in [4.69, 9.17) is 0 Å². The summed E-state index contributed by atoms with van der Waals surface area (Å²) in [5.74, 6) is 0.0132. The maximum Gasteiger partial charge on any atom is 0.195 e. The number of hydrogen-bond acceptors (Lipinski definition) is 2. The molecule has 3 aromatic rings. The van der Waals surface area contributed by atoms with Gasteiger partial charge in [0.05, 0.1) is 0 Å². The zero-order valence-corrected chi connectivity index (χ0v) is 12.5. The third kappa shape index (κ3) is 2.25. The molecule has 0 atom stereocenters. The molecule has 0 spiro atoms. The van der Waals surface area contributed by atoms with Crippen molar-refractivity contribution in [2.45, 2.75) is 6.92 Å². The smallest absolute Gasteiger partial charge is 0.195 e. The van der Waals surface area contributed by atoms with Crippen LogP contribution in [0.15, 0.2) is 59.3 Å². The number of carbonyl (C=O) groups is 1. The highest BCUT2D eigenvalue weighted by Gasteiger charge is 2.14. The predicted molar refractivity (Wildman–Crippen MR) is 84.1 cm³/mol. The number of rotatable bonds is 2. The van der Waals surface area contributed by atoms with Gasteiger partial charge in [0, 0.05) is 33.4 Å². The number of benzene rings is 2. The van der Waals surface area contributed by atoms with Crippen LogP contribution in [0.4, 0.5) is 0 Å². The van der Waals surface area contributed by atoms with E-state index in [0.717, 1.165) is 20.8 Å². The first-order valence-electron chi connectivity index (χ1n) is 6.30. The molecule has 3 rings (SSSR count). The minimum atomic E-state index is 0.0132. The van der Waals surface area contributed by atoms with Gasteiger partial charge in [0.2, 0.25) is 0 Å². The number of halogens is 1. The van der Waals surface area contributed by atoms with Crippen LogP contribution in [-0.2, 0) is 0 Å². The van der Waals surface area contributed by atoms with Crippen molar-refractivity contribution in [1.82, 2.24) is 4.98 Å². The molecule has 0 bridgehead atoms. The number of carbonyl (C=O) groups excluding carboxylic acids is 1. The van der Waals surface area contributed by atoms with Crippen molar-refractivity contribution in [2.24, 2.45) is 0 Å². The van der Waals surface area contributed by atoms with E-state index in [1.54, 1.807) is 12.4 Å². The average Bonchev–Trinajstić information content (AvgIpc) is 2.46. The van der Waals surface area contributed by atoms with Gasteiger partial charge >= 0.3 is 0 Å². The van der Waals surface area contributed by atoms with E-state index in [2.05, 4.69) is 20.9 Å². The van der Waals surface area contributed by atoms with Crippen molar-refractivity contribution in [2.75, 3.05) is 0 Å². The Kier molecular flexibility index (Phi) is 3.36. The summed E-state index contributed by atoms with van der Waals surface area (Å²) in [6.07, 6.45) is 3.42. The van der Waals surface area contributed by atoms with Crippen molar-refractivity contribution in [3.63, 3.8) is 0 Å². The number of fused-ring (bicyclic) bond motifs is 1. The van der Waals surface area contributed by atoms with Gasteiger partial charge in [-0.3, -0.25) is 9.78 Å². The van der Waals surface area contributed by atoms with Crippen LogP contribution >= 0.6 is 15.9 Å². The van der Waals surface area contributed by atoms with E-state index in [-0.39, 0.29) is 5.78 Å². The first-order chi connectivity index (χ1) is 9.66. The lowest BCUT2D eigenvalue weighted by atomic mass is 9.97. The van der Waals surface area contributed by atoms with E-state index in [1.165, 1.54) is 0 Å². The molecule has 0 saturated carbocycles. The van der Waals surface area contributed by atoms with Gasteiger partial charge in [0.15, 0.2) is 5.78 Å². The van der Waals surface area contributed by atoms with Crippen LogP contribution in [0.3, 0.4) is 0 Å². The molecule has 0 aliphatic carbocycles. The molecule has 0 N–H and O–H groups in total. The van der Waals surface area contributed by atoms with E-state index in [9.17, 15) is 4.79 Å². The normalized spacial score (nSPS) is 10.7. The lowest BCUT2D eigenvalue weighted by Crippen LogP contribution is -2.05. The lowest BCUT2D eigenvalue weighted by molar-refractivity contribution is 0.103. The van der Waals surface area contributed by atoms with Gasteiger partial charge in [0.1, 0.15) is 0 Å². The van der Waals surface area contributed by atoms with E-state index >= 15 is 0 Å². The molecule has 1 aromatic heterocycles. The minimum absolute atomic E-state index is 0.0132. The number of ketones is 1. The number of hydrogen-bond donors (Lipinski definition) is 0. The molecule has 2 nitrogen and oxygen atoms in total. The quantitative estimate of drug-likeness (QED) is 0.647. The second-order valence-corrected chi connectivity index (χ2v) is 5.61. The summed E-state index contributed by atoms with van der Waals surface area (Å²) < 4.78 is 0.975.